The van der Waals surface area contributed by atoms with Gasteiger partial charge in [-0.2, -0.15) is 0 Å². The van der Waals surface area contributed by atoms with Gasteiger partial charge in [0.2, 0.25) is 0 Å². The van der Waals surface area contributed by atoms with E-state index < -0.39 is 0 Å². The van der Waals surface area contributed by atoms with Crippen LogP contribution in [0, 0.1) is 5.92 Å². The first kappa shape index (κ1) is 12.0. The van der Waals surface area contributed by atoms with Crippen molar-refractivity contribution in [1.82, 2.24) is 10.2 Å². The van der Waals surface area contributed by atoms with Gasteiger partial charge in [-0.05, 0) is 45.3 Å². The molecule has 14 heavy (non-hydrogen) atoms. The van der Waals surface area contributed by atoms with Crippen LogP contribution in [-0.2, 0) is 0 Å². The van der Waals surface area contributed by atoms with Crippen molar-refractivity contribution in [2.75, 3.05) is 33.3 Å². The quantitative estimate of drug-likeness (QED) is 0.685. The van der Waals surface area contributed by atoms with Crippen molar-refractivity contribution in [3.63, 3.8) is 0 Å². The average Bonchev–Trinajstić information content (AvgIpc) is 2.15. The number of likely N-dealkylation sites (N-methyl/N-ethyl adjacent to an activating group) is 1. The maximum atomic E-state index is 8.78. The van der Waals surface area contributed by atoms with Gasteiger partial charge in [0.25, 0.3) is 0 Å². The first-order valence-electron chi connectivity index (χ1n) is 5.75. The van der Waals surface area contributed by atoms with E-state index in [1.54, 1.807) is 0 Å². The highest BCUT2D eigenvalue weighted by Crippen LogP contribution is 2.08. The molecule has 1 fully saturated rings. The van der Waals surface area contributed by atoms with Crippen LogP contribution in [-0.4, -0.2) is 49.3 Å². The molecule has 1 aliphatic rings. The van der Waals surface area contributed by atoms with Crippen LogP contribution >= 0.6 is 0 Å². The van der Waals surface area contributed by atoms with E-state index >= 15 is 0 Å². The number of aliphatic hydroxyl groups excluding tert-OH is 1. The molecule has 0 radical (unpaired) electrons. The van der Waals surface area contributed by atoms with E-state index in [-0.39, 0.29) is 0 Å². The molecule has 0 spiro atoms. The summed E-state index contributed by atoms with van der Waals surface area (Å²) in [6.45, 7) is 5.96. The summed E-state index contributed by atoms with van der Waals surface area (Å²) >= 11 is 0. The van der Waals surface area contributed by atoms with Crippen molar-refractivity contribution in [1.29, 1.82) is 0 Å². The van der Waals surface area contributed by atoms with Crippen LogP contribution in [0.1, 0.15) is 26.2 Å². The molecular weight excluding hydrogens is 176 g/mol. The van der Waals surface area contributed by atoms with Crippen molar-refractivity contribution in [2.45, 2.75) is 32.2 Å². The Morgan fingerprint density at radius 1 is 1.57 bits per heavy atom. The van der Waals surface area contributed by atoms with E-state index in [2.05, 4.69) is 24.2 Å². The molecule has 0 aliphatic carbocycles. The zero-order valence-electron chi connectivity index (χ0n) is 9.50. The van der Waals surface area contributed by atoms with Crippen molar-refractivity contribution < 1.29 is 5.11 Å². The third-order valence-corrected chi connectivity index (χ3v) is 3.00. The second kappa shape index (κ2) is 6.38. The molecule has 1 rings (SSSR count). The summed E-state index contributed by atoms with van der Waals surface area (Å²) in [6, 6.07) is 0.662. The van der Waals surface area contributed by atoms with Crippen molar-refractivity contribution in [2.24, 2.45) is 5.92 Å². The summed E-state index contributed by atoms with van der Waals surface area (Å²) in [5.74, 6) is 0.590. The second-order valence-electron chi connectivity index (χ2n) is 4.63. The Morgan fingerprint density at radius 3 is 3.00 bits per heavy atom. The van der Waals surface area contributed by atoms with Crippen LogP contribution in [0.15, 0.2) is 0 Å². The fourth-order valence-corrected chi connectivity index (χ4v) is 2.02. The highest BCUT2D eigenvalue weighted by Gasteiger charge is 2.16. The van der Waals surface area contributed by atoms with E-state index in [1.807, 2.05) is 0 Å². The molecule has 0 aromatic rings. The van der Waals surface area contributed by atoms with Gasteiger partial charge >= 0.3 is 0 Å². The lowest BCUT2D eigenvalue weighted by Gasteiger charge is -2.31. The Kier molecular flexibility index (Phi) is 5.45. The van der Waals surface area contributed by atoms with Gasteiger partial charge in [0.05, 0.1) is 0 Å². The number of piperidine rings is 1. The Balaban J connectivity index is 2.10. The largest absolute Gasteiger partial charge is 0.396 e. The van der Waals surface area contributed by atoms with Crippen LogP contribution in [0.25, 0.3) is 0 Å². The van der Waals surface area contributed by atoms with Gasteiger partial charge in [0.15, 0.2) is 0 Å². The molecule has 0 saturated carbocycles. The molecule has 84 valence electrons. The predicted octanol–water partition coefficient (Wildman–Crippen LogP) is 0.689. The third kappa shape index (κ3) is 4.40. The molecule has 0 bridgehead atoms. The van der Waals surface area contributed by atoms with Crippen LogP contribution in [0.3, 0.4) is 0 Å². The van der Waals surface area contributed by atoms with Gasteiger partial charge in [-0.1, -0.05) is 6.92 Å². The first-order chi connectivity index (χ1) is 6.72. The van der Waals surface area contributed by atoms with E-state index in [1.165, 1.54) is 25.9 Å². The summed E-state index contributed by atoms with van der Waals surface area (Å²) in [6.07, 6.45) is 3.52. The Labute approximate surface area is 87.5 Å². The van der Waals surface area contributed by atoms with Gasteiger partial charge in [0.1, 0.15) is 0 Å². The highest BCUT2D eigenvalue weighted by atomic mass is 16.3. The van der Waals surface area contributed by atoms with Gasteiger partial charge in [0, 0.05) is 19.2 Å². The Morgan fingerprint density at radius 2 is 2.36 bits per heavy atom. The van der Waals surface area contributed by atoms with Crippen molar-refractivity contribution >= 4 is 0 Å². The summed E-state index contributed by atoms with van der Waals surface area (Å²) in [4.78, 5) is 2.39. The number of hydrogen-bond acceptors (Lipinski definition) is 3. The summed E-state index contributed by atoms with van der Waals surface area (Å²) in [5.41, 5.74) is 0. The van der Waals surface area contributed by atoms with Gasteiger partial charge in [-0.15, -0.1) is 0 Å². The Bertz CT molecular complexity index is 152. The third-order valence-electron chi connectivity index (χ3n) is 3.00. The van der Waals surface area contributed by atoms with Crippen LogP contribution in [0.2, 0.25) is 0 Å². The minimum absolute atomic E-state index is 0.313. The lowest BCUT2D eigenvalue weighted by atomic mass is 10.0. The first-order valence-corrected chi connectivity index (χ1v) is 5.75. The molecule has 2 atom stereocenters. The number of rotatable bonds is 5. The van der Waals surface area contributed by atoms with E-state index in [0.29, 0.717) is 18.6 Å². The minimum atomic E-state index is 0.313. The molecule has 1 aliphatic heterocycles. The molecule has 0 aromatic carbocycles. The average molecular weight is 200 g/mol. The number of hydrogen-bond donors (Lipinski definition) is 2. The predicted molar refractivity (Wildman–Crippen MR) is 59.4 cm³/mol. The molecule has 3 heteroatoms. The normalized spacial score (nSPS) is 26.4. The number of likely N-dealkylation sites (tertiary alicyclic amines) is 1. The molecule has 0 amide bonds. The molecule has 0 aromatic heterocycles. The molecule has 1 heterocycles. The number of nitrogens with one attached hydrogen (secondary N) is 1. The molecule has 2 unspecified atom stereocenters. The lowest BCUT2D eigenvalue weighted by molar-refractivity contribution is 0.215. The maximum Gasteiger partial charge on any atom is 0.0434 e. The molecule has 3 nitrogen and oxygen atoms in total. The van der Waals surface area contributed by atoms with Crippen molar-refractivity contribution in [3.8, 4) is 0 Å². The second-order valence-corrected chi connectivity index (χ2v) is 4.63. The monoisotopic (exact) mass is 200 g/mol. The smallest absolute Gasteiger partial charge is 0.0434 e. The summed E-state index contributed by atoms with van der Waals surface area (Å²) in [5, 5.41) is 12.4. The summed E-state index contributed by atoms with van der Waals surface area (Å²) < 4.78 is 0. The van der Waals surface area contributed by atoms with E-state index in [9.17, 15) is 0 Å². The van der Waals surface area contributed by atoms with Crippen LogP contribution in [0.4, 0.5) is 0 Å². The van der Waals surface area contributed by atoms with Gasteiger partial charge < -0.3 is 15.3 Å². The van der Waals surface area contributed by atoms with Crippen molar-refractivity contribution in [3.05, 3.63) is 0 Å². The van der Waals surface area contributed by atoms with Gasteiger partial charge in [-0.3, -0.25) is 0 Å². The molecule has 2 N–H and O–H groups in total. The highest BCUT2D eigenvalue weighted by molar-refractivity contribution is 4.76. The zero-order valence-corrected chi connectivity index (χ0v) is 9.50. The number of aliphatic hydroxyl groups is 1. The zero-order chi connectivity index (χ0) is 10.4. The Hall–Kier alpha value is -0.120. The molecular formula is C11H24N2O. The van der Waals surface area contributed by atoms with E-state index in [0.717, 1.165) is 13.0 Å². The number of nitrogens with zero attached hydrogens (tertiary/aromatic N) is 1. The standard InChI is InChI=1S/C11H24N2O/c1-10(5-7-14)8-12-11-4-3-6-13(2)9-11/h10-12,14H,3-9H2,1-2H3. The van der Waals surface area contributed by atoms with Gasteiger partial charge in [-0.25, -0.2) is 0 Å². The van der Waals surface area contributed by atoms with E-state index in [4.69, 9.17) is 5.11 Å². The SMILES string of the molecule is CC(CCO)CNC1CCCN(C)C1. The fraction of sp³-hybridized carbons (Fsp3) is 1.00. The topological polar surface area (TPSA) is 35.5 Å². The fourth-order valence-electron chi connectivity index (χ4n) is 2.02. The minimum Gasteiger partial charge on any atom is -0.396 e. The van der Waals surface area contributed by atoms with Crippen LogP contribution in [0.5, 0.6) is 0 Å². The molecule has 1 saturated heterocycles. The maximum absolute atomic E-state index is 8.78. The summed E-state index contributed by atoms with van der Waals surface area (Å²) in [7, 11) is 2.19. The van der Waals surface area contributed by atoms with Crippen LogP contribution < -0.4 is 5.32 Å². The lowest BCUT2D eigenvalue weighted by Crippen LogP contribution is -2.45.